The molecule has 0 spiro atoms. The zero-order valence-corrected chi connectivity index (χ0v) is 15.9. The van der Waals surface area contributed by atoms with Gasteiger partial charge in [-0.1, -0.05) is 12.1 Å². The van der Waals surface area contributed by atoms with Crippen molar-refractivity contribution in [3.63, 3.8) is 0 Å². The molecule has 0 unspecified atom stereocenters. The third-order valence-electron chi connectivity index (χ3n) is 3.96. The van der Waals surface area contributed by atoms with E-state index in [1.807, 2.05) is 23.6 Å². The van der Waals surface area contributed by atoms with Gasteiger partial charge in [0, 0.05) is 22.1 Å². The second-order valence-electron chi connectivity index (χ2n) is 5.69. The van der Waals surface area contributed by atoms with Crippen LogP contribution in [0.25, 0.3) is 11.3 Å². The molecule has 0 aliphatic carbocycles. The van der Waals surface area contributed by atoms with Crippen LogP contribution in [0.5, 0.6) is 11.5 Å². The number of anilines is 1. The quantitative estimate of drug-likeness (QED) is 0.644. The molecule has 0 saturated carbocycles. The van der Waals surface area contributed by atoms with Crippen molar-refractivity contribution < 1.29 is 19.1 Å². The van der Waals surface area contributed by atoms with Crippen LogP contribution in [0.1, 0.15) is 27.6 Å². The minimum atomic E-state index is -0.288. The maximum Gasteiger partial charge on any atom is 0.257 e. The summed E-state index contributed by atoms with van der Waals surface area (Å²) in [6.45, 7) is 1.49. The van der Waals surface area contributed by atoms with E-state index in [1.165, 1.54) is 18.3 Å². The molecule has 3 rings (SSSR count). The van der Waals surface area contributed by atoms with Crippen LogP contribution in [-0.2, 0) is 0 Å². The number of nitrogens with zero attached hydrogens (tertiary/aromatic N) is 1. The molecule has 27 heavy (non-hydrogen) atoms. The molecular weight excluding hydrogens is 364 g/mol. The highest BCUT2D eigenvalue weighted by molar-refractivity contribution is 7.14. The molecule has 0 aliphatic rings. The molecule has 1 heterocycles. The Morgan fingerprint density at radius 1 is 1.00 bits per heavy atom. The molecule has 3 aromatic rings. The maximum absolute atomic E-state index is 12.4. The Balaban J connectivity index is 1.80. The normalized spacial score (nSPS) is 10.3. The molecule has 2 aromatic carbocycles. The Kier molecular flexibility index (Phi) is 5.52. The third kappa shape index (κ3) is 4.15. The van der Waals surface area contributed by atoms with E-state index < -0.39 is 0 Å². The lowest BCUT2D eigenvalue weighted by atomic mass is 10.1. The van der Waals surface area contributed by atoms with E-state index in [0.717, 1.165) is 5.56 Å². The van der Waals surface area contributed by atoms with Crippen LogP contribution < -0.4 is 14.8 Å². The fourth-order valence-corrected chi connectivity index (χ4v) is 3.20. The number of ketones is 1. The van der Waals surface area contributed by atoms with Crippen LogP contribution in [0.4, 0.5) is 5.13 Å². The number of thiazole rings is 1. The zero-order valence-electron chi connectivity index (χ0n) is 15.1. The Bertz CT molecular complexity index is 980. The number of aromatic nitrogens is 1. The molecule has 0 aliphatic heterocycles. The van der Waals surface area contributed by atoms with Gasteiger partial charge in [-0.15, -0.1) is 11.3 Å². The summed E-state index contributed by atoms with van der Waals surface area (Å²) in [5.41, 5.74) is 2.47. The van der Waals surface area contributed by atoms with Gasteiger partial charge in [0.1, 0.15) is 11.5 Å². The first kappa shape index (κ1) is 18.6. The van der Waals surface area contributed by atoms with Gasteiger partial charge >= 0.3 is 0 Å². The molecular formula is C20H18N2O4S. The number of carbonyl (C=O) groups excluding carboxylic acids is 2. The average Bonchev–Trinajstić information content (AvgIpc) is 3.15. The SMILES string of the molecule is COc1ccc(OC)c(-c2csc(NC(=O)c3ccc(C(C)=O)cc3)n2)c1. The number of benzene rings is 2. The van der Waals surface area contributed by atoms with E-state index in [-0.39, 0.29) is 11.7 Å². The highest BCUT2D eigenvalue weighted by atomic mass is 32.1. The molecule has 0 radical (unpaired) electrons. The summed E-state index contributed by atoms with van der Waals surface area (Å²) in [6.07, 6.45) is 0. The lowest BCUT2D eigenvalue weighted by molar-refractivity contribution is 0.100. The van der Waals surface area contributed by atoms with Gasteiger partial charge in [0.05, 0.1) is 19.9 Å². The van der Waals surface area contributed by atoms with Gasteiger partial charge in [-0.25, -0.2) is 4.98 Å². The fourth-order valence-electron chi connectivity index (χ4n) is 2.49. The third-order valence-corrected chi connectivity index (χ3v) is 4.72. The summed E-state index contributed by atoms with van der Waals surface area (Å²) in [7, 11) is 3.18. The number of carbonyl (C=O) groups is 2. The summed E-state index contributed by atoms with van der Waals surface area (Å²) in [6, 6.07) is 11.9. The number of rotatable bonds is 6. The number of methoxy groups -OCH3 is 2. The van der Waals surface area contributed by atoms with Gasteiger partial charge in [0.15, 0.2) is 10.9 Å². The number of amides is 1. The standard InChI is InChI=1S/C20H18N2O4S/c1-12(23)13-4-6-14(7-5-13)19(24)22-20-21-17(11-27-20)16-10-15(25-2)8-9-18(16)26-3/h4-11H,1-3H3,(H,21,22,24). The molecule has 6 nitrogen and oxygen atoms in total. The van der Waals surface area contributed by atoms with E-state index >= 15 is 0 Å². The van der Waals surface area contributed by atoms with E-state index in [1.54, 1.807) is 38.5 Å². The van der Waals surface area contributed by atoms with Crippen LogP contribution in [0.2, 0.25) is 0 Å². The molecule has 138 valence electrons. The summed E-state index contributed by atoms with van der Waals surface area (Å²) in [4.78, 5) is 28.2. The monoisotopic (exact) mass is 382 g/mol. The smallest absolute Gasteiger partial charge is 0.257 e. The van der Waals surface area contributed by atoms with Crippen molar-refractivity contribution >= 4 is 28.2 Å². The van der Waals surface area contributed by atoms with Crippen molar-refractivity contribution in [2.24, 2.45) is 0 Å². The van der Waals surface area contributed by atoms with Gasteiger partial charge in [-0.3, -0.25) is 14.9 Å². The molecule has 1 aromatic heterocycles. The van der Waals surface area contributed by atoms with Crippen LogP contribution in [0.15, 0.2) is 47.8 Å². The largest absolute Gasteiger partial charge is 0.497 e. The van der Waals surface area contributed by atoms with Crippen molar-refractivity contribution in [2.45, 2.75) is 6.92 Å². The number of hydrogen-bond donors (Lipinski definition) is 1. The predicted molar refractivity (Wildman–Crippen MR) is 105 cm³/mol. The highest BCUT2D eigenvalue weighted by Gasteiger charge is 2.14. The minimum Gasteiger partial charge on any atom is -0.497 e. The Labute approximate surface area is 160 Å². The molecule has 0 atom stereocenters. The lowest BCUT2D eigenvalue weighted by Crippen LogP contribution is -2.11. The Morgan fingerprint density at radius 3 is 2.33 bits per heavy atom. The van der Waals surface area contributed by atoms with Crippen LogP contribution in [0, 0.1) is 0 Å². The van der Waals surface area contributed by atoms with Gasteiger partial charge in [-0.2, -0.15) is 0 Å². The van der Waals surface area contributed by atoms with Crippen molar-refractivity contribution in [3.8, 4) is 22.8 Å². The molecule has 0 saturated heterocycles. The second kappa shape index (κ2) is 8.01. The Hall–Kier alpha value is -3.19. The predicted octanol–water partition coefficient (Wildman–Crippen LogP) is 4.28. The summed E-state index contributed by atoms with van der Waals surface area (Å²) in [5, 5.41) is 5.08. The van der Waals surface area contributed by atoms with Crippen molar-refractivity contribution in [3.05, 3.63) is 59.0 Å². The molecule has 0 fully saturated rings. The zero-order chi connectivity index (χ0) is 19.4. The highest BCUT2D eigenvalue weighted by Crippen LogP contribution is 2.35. The molecule has 0 bridgehead atoms. The average molecular weight is 382 g/mol. The second-order valence-corrected chi connectivity index (χ2v) is 6.55. The lowest BCUT2D eigenvalue weighted by Gasteiger charge is -2.08. The molecule has 1 amide bonds. The van der Waals surface area contributed by atoms with Crippen LogP contribution in [0.3, 0.4) is 0 Å². The van der Waals surface area contributed by atoms with E-state index in [0.29, 0.717) is 33.5 Å². The van der Waals surface area contributed by atoms with Gasteiger partial charge in [0.2, 0.25) is 0 Å². The first-order valence-corrected chi connectivity index (χ1v) is 9.00. The topological polar surface area (TPSA) is 77.5 Å². The first-order chi connectivity index (χ1) is 13.0. The van der Waals surface area contributed by atoms with Crippen LogP contribution in [-0.4, -0.2) is 30.9 Å². The van der Waals surface area contributed by atoms with E-state index in [4.69, 9.17) is 9.47 Å². The fraction of sp³-hybridized carbons (Fsp3) is 0.150. The van der Waals surface area contributed by atoms with Crippen molar-refractivity contribution in [1.82, 2.24) is 4.98 Å². The van der Waals surface area contributed by atoms with Crippen LogP contribution >= 0.6 is 11.3 Å². The Morgan fingerprint density at radius 2 is 1.70 bits per heavy atom. The van der Waals surface area contributed by atoms with Crippen molar-refractivity contribution in [1.29, 1.82) is 0 Å². The number of ether oxygens (including phenoxy) is 2. The van der Waals surface area contributed by atoms with E-state index in [9.17, 15) is 9.59 Å². The summed E-state index contributed by atoms with van der Waals surface area (Å²) in [5.74, 6) is 1.02. The summed E-state index contributed by atoms with van der Waals surface area (Å²) < 4.78 is 10.6. The first-order valence-electron chi connectivity index (χ1n) is 8.12. The number of nitrogens with one attached hydrogen (secondary N) is 1. The molecule has 7 heteroatoms. The number of Topliss-reactive ketones (excluding diaryl/α,β-unsaturated/α-hetero) is 1. The summed E-state index contributed by atoms with van der Waals surface area (Å²) >= 11 is 1.31. The van der Waals surface area contributed by atoms with E-state index in [2.05, 4.69) is 10.3 Å². The van der Waals surface area contributed by atoms with Crippen molar-refractivity contribution in [2.75, 3.05) is 19.5 Å². The van der Waals surface area contributed by atoms with Gasteiger partial charge in [-0.05, 0) is 37.3 Å². The minimum absolute atomic E-state index is 0.0428. The maximum atomic E-state index is 12.4. The van der Waals surface area contributed by atoms with Gasteiger partial charge < -0.3 is 9.47 Å². The molecule has 1 N–H and O–H groups in total. The number of hydrogen-bond acceptors (Lipinski definition) is 6. The van der Waals surface area contributed by atoms with Gasteiger partial charge in [0.25, 0.3) is 5.91 Å².